The van der Waals surface area contributed by atoms with E-state index in [-0.39, 0.29) is 25.8 Å². The van der Waals surface area contributed by atoms with Gasteiger partial charge in [0.25, 0.3) is 0 Å². The van der Waals surface area contributed by atoms with Crippen molar-refractivity contribution in [2.75, 3.05) is 54.1 Å². The maximum atomic E-state index is 12.7. The van der Waals surface area contributed by atoms with Crippen molar-refractivity contribution in [3.8, 4) is 0 Å². The fraction of sp³-hybridized carbons (Fsp3) is 0.889. The minimum Gasteiger partial charge on any atom is -0.457 e. The van der Waals surface area contributed by atoms with Gasteiger partial charge in [0.05, 0.1) is 34.4 Å². The molecule has 2 atom stereocenters. The quantitative estimate of drug-likeness (QED) is 0.0217. The topological polar surface area (TPSA) is 91.3 Å². The predicted molar refractivity (Wildman–Crippen MR) is 229 cm³/mol. The minimum atomic E-state index is -4.27. The molecule has 0 fully saturated rings. The number of carbonyl (C=O) groups is 1. The second-order valence-corrected chi connectivity index (χ2v) is 17.9. The number of phosphoric ester groups is 1. The normalized spacial score (nSPS) is 14.0. The van der Waals surface area contributed by atoms with Crippen molar-refractivity contribution in [1.29, 1.82) is 0 Å². The Labute approximate surface area is 334 Å². The van der Waals surface area contributed by atoms with Crippen LogP contribution in [0.15, 0.2) is 24.3 Å². The Morgan fingerprint density at radius 2 is 0.963 bits per heavy atom. The molecule has 0 saturated heterocycles. The Kier molecular flexibility index (Phi) is 38.1. The molecule has 320 valence electrons. The molecule has 0 spiro atoms. The van der Waals surface area contributed by atoms with Crippen molar-refractivity contribution >= 4 is 13.8 Å². The molecule has 0 aliphatic heterocycles. The first kappa shape index (κ1) is 53.0. The van der Waals surface area contributed by atoms with Crippen LogP contribution in [-0.4, -0.2) is 75.6 Å². The first-order valence-electron chi connectivity index (χ1n) is 22.6. The van der Waals surface area contributed by atoms with Crippen LogP contribution in [0.5, 0.6) is 0 Å². The van der Waals surface area contributed by atoms with Gasteiger partial charge < -0.3 is 18.9 Å². The number of esters is 1. The molecule has 0 aromatic rings. The summed E-state index contributed by atoms with van der Waals surface area (Å²) in [6.07, 6.45) is 43.5. The van der Waals surface area contributed by atoms with E-state index in [0.29, 0.717) is 24.1 Å². The first-order valence-corrected chi connectivity index (χ1v) is 24.1. The molecule has 0 rings (SSSR count). The molecule has 0 heterocycles. The summed E-state index contributed by atoms with van der Waals surface area (Å²) in [7, 11) is 1.66. The van der Waals surface area contributed by atoms with Crippen molar-refractivity contribution in [3.63, 3.8) is 0 Å². The van der Waals surface area contributed by atoms with Gasteiger partial charge in [0.2, 0.25) is 0 Å². The summed E-state index contributed by atoms with van der Waals surface area (Å²) in [5.41, 5.74) is 0. The number of hydrogen-bond donors (Lipinski definition) is 1. The molecule has 0 bridgehead atoms. The van der Waals surface area contributed by atoms with E-state index in [9.17, 15) is 14.3 Å². The van der Waals surface area contributed by atoms with E-state index in [2.05, 4.69) is 38.2 Å². The largest absolute Gasteiger partial charge is 0.472 e. The van der Waals surface area contributed by atoms with E-state index >= 15 is 0 Å². The predicted octanol–water partition coefficient (Wildman–Crippen LogP) is 13.2. The zero-order valence-corrected chi connectivity index (χ0v) is 37.1. The van der Waals surface area contributed by atoms with E-state index in [4.69, 9.17) is 18.5 Å². The van der Waals surface area contributed by atoms with Gasteiger partial charge in [0.1, 0.15) is 19.3 Å². The fourth-order valence-electron chi connectivity index (χ4n) is 6.19. The second kappa shape index (κ2) is 38.8. The fourth-order valence-corrected chi connectivity index (χ4v) is 6.93. The van der Waals surface area contributed by atoms with Crippen molar-refractivity contribution < 1.29 is 37.3 Å². The molecule has 0 amide bonds. The van der Waals surface area contributed by atoms with E-state index in [0.717, 1.165) is 44.9 Å². The molecular weight excluding hydrogens is 697 g/mol. The Balaban J connectivity index is 4.23. The van der Waals surface area contributed by atoms with E-state index in [1.165, 1.54) is 135 Å². The van der Waals surface area contributed by atoms with Crippen LogP contribution in [0, 0.1) is 0 Å². The van der Waals surface area contributed by atoms with Crippen LogP contribution in [0.4, 0.5) is 0 Å². The van der Waals surface area contributed by atoms with Gasteiger partial charge in [0, 0.05) is 13.0 Å². The average molecular weight is 787 g/mol. The maximum absolute atomic E-state index is 12.7. The standard InChI is InChI=1S/C45H88NO7P/c1-6-8-10-12-14-16-18-20-22-23-25-27-29-31-33-35-37-40-50-42-44(43-52-54(48,49)51-41-39-46(3,4)5)53-45(47)38-36-34-32-30-28-26-24-21-19-17-15-13-11-9-7-2/h21-24,44H,6-20,25-43H2,1-5H3/p+1/b23-22-,24-21-. The van der Waals surface area contributed by atoms with Gasteiger partial charge in [-0.15, -0.1) is 0 Å². The molecule has 8 nitrogen and oxygen atoms in total. The Hall–Kier alpha value is -1.02. The second-order valence-electron chi connectivity index (χ2n) is 16.4. The first-order chi connectivity index (χ1) is 26.1. The third-order valence-corrected chi connectivity index (χ3v) is 10.7. The molecule has 54 heavy (non-hydrogen) atoms. The lowest BCUT2D eigenvalue weighted by atomic mass is 10.1. The van der Waals surface area contributed by atoms with E-state index in [1.807, 2.05) is 21.1 Å². The van der Waals surface area contributed by atoms with Crippen molar-refractivity contribution in [1.82, 2.24) is 0 Å². The Morgan fingerprint density at radius 1 is 0.556 bits per heavy atom. The summed E-state index contributed by atoms with van der Waals surface area (Å²) < 4.78 is 35.0. The van der Waals surface area contributed by atoms with Crippen LogP contribution in [0.2, 0.25) is 0 Å². The summed E-state index contributed by atoms with van der Waals surface area (Å²) in [6, 6.07) is 0. The number of unbranched alkanes of at least 4 members (excludes halogenated alkanes) is 24. The van der Waals surface area contributed by atoms with Crippen LogP contribution >= 0.6 is 7.82 Å². The molecule has 9 heteroatoms. The van der Waals surface area contributed by atoms with Crippen molar-refractivity contribution in [2.45, 2.75) is 206 Å². The smallest absolute Gasteiger partial charge is 0.457 e. The van der Waals surface area contributed by atoms with Crippen molar-refractivity contribution in [2.24, 2.45) is 0 Å². The lowest BCUT2D eigenvalue weighted by Crippen LogP contribution is -2.37. The zero-order valence-electron chi connectivity index (χ0n) is 36.2. The van der Waals surface area contributed by atoms with Gasteiger partial charge in [-0.3, -0.25) is 13.8 Å². The number of hydrogen-bond acceptors (Lipinski definition) is 6. The number of phosphoric acid groups is 1. The molecule has 0 aliphatic rings. The van der Waals surface area contributed by atoms with Gasteiger partial charge in [-0.1, -0.05) is 154 Å². The molecule has 0 aromatic carbocycles. The number of nitrogens with zero attached hydrogens (tertiary/aromatic N) is 1. The molecule has 0 radical (unpaired) electrons. The van der Waals surface area contributed by atoms with Crippen LogP contribution < -0.4 is 0 Å². The van der Waals surface area contributed by atoms with Crippen LogP contribution in [0.3, 0.4) is 0 Å². The number of carbonyl (C=O) groups excluding carboxylic acids is 1. The molecule has 0 saturated carbocycles. The summed E-state index contributed by atoms with van der Waals surface area (Å²) in [5, 5.41) is 0. The summed E-state index contributed by atoms with van der Waals surface area (Å²) >= 11 is 0. The molecular formula is C45H89NO7P+. The lowest BCUT2D eigenvalue weighted by Gasteiger charge is -2.24. The molecule has 1 N–H and O–H groups in total. The van der Waals surface area contributed by atoms with Crippen molar-refractivity contribution in [3.05, 3.63) is 24.3 Å². The highest BCUT2D eigenvalue weighted by atomic mass is 31.2. The SMILES string of the molecule is CCCCCCCC/C=C\CCCCCCCC(=O)OC(COCCCCCCCC/C=C\CCCCCCCCC)COP(=O)(O)OCC[N+](C)(C)C. The monoisotopic (exact) mass is 787 g/mol. The summed E-state index contributed by atoms with van der Waals surface area (Å²) in [4.78, 5) is 22.9. The Morgan fingerprint density at radius 3 is 1.41 bits per heavy atom. The third-order valence-electron chi connectivity index (χ3n) is 9.74. The summed E-state index contributed by atoms with van der Waals surface area (Å²) in [6.45, 7) is 5.61. The van der Waals surface area contributed by atoms with Crippen LogP contribution in [-0.2, 0) is 27.9 Å². The maximum Gasteiger partial charge on any atom is 0.472 e. The van der Waals surface area contributed by atoms with Gasteiger partial charge in [-0.25, -0.2) is 4.57 Å². The zero-order chi connectivity index (χ0) is 39.9. The summed E-state index contributed by atoms with van der Waals surface area (Å²) in [5.74, 6) is -0.323. The van der Waals surface area contributed by atoms with E-state index in [1.54, 1.807) is 0 Å². The number of quaternary nitrogens is 1. The Bertz CT molecular complexity index is 920. The lowest BCUT2D eigenvalue weighted by molar-refractivity contribution is -0.870. The van der Waals surface area contributed by atoms with Crippen LogP contribution in [0.25, 0.3) is 0 Å². The minimum absolute atomic E-state index is 0.0870. The van der Waals surface area contributed by atoms with E-state index < -0.39 is 13.9 Å². The number of allylic oxidation sites excluding steroid dienone is 4. The average Bonchev–Trinajstić information content (AvgIpc) is 3.12. The van der Waals surface area contributed by atoms with Gasteiger partial charge in [-0.2, -0.15) is 0 Å². The number of rotatable bonds is 42. The van der Waals surface area contributed by atoms with Crippen LogP contribution in [0.1, 0.15) is 200 Å². The van der Waals surface area contributed by atoms with Gasteiger partial charge in [-0.05, 0) is 64.2 Å². The number of ether oxygens (including phenoxy) is 2. The molecule has 2 unspecified atom stereocenters. The highest BCUT2D eigenvalue weighted by Gasteiger charge is 2.26. The molecule has 0 aliphatic carbocycles. The van der Waals surface area contributed by atoms with Gasteiger partial charge >= 0.3 is 13.8 Å². The number of likely N-dealkylation sites (N-methyl/N-ethyl adjacent to an activating group) is 1. The van der Waals surface area contributed by atoms with Gasteiger partial charge in [0.15, 0.2) is 0 Å². The highest BCUT2D eigenvalue weighted by Crippen LogP contribution is 2.43. The third kappa shape index (κ3) is 42.1. The molecule has 0 aromatic heterocycles. The highest BCUT2D eigenvalue weighted by molar-refractivity contribution is 7.47.